The highest BCUT2D eigenvalue weighted by Gasteiger charge is 2.48. The molecule has 1 amide bonds. The van der Waals surface area contributed by atoms with Crippen molar-refractivity contribution in [2.45, 2.75) is 38.4 Å². The van der Waals surface area contributed by atoms with Gasteiger partial charge in [-0.3, -0.25) is 4.79 Å². The van der Waals surface area contributed by atoms with E-state index < -0.39 is 12.1 Å². The van der Waals surface area contributed by atoms with Crippen LogP contribution in [0.15, 0.2) is 42.7 Å². The van der Waals surface area contributed by atoms with E-state index >= 15 is 0 Å². The Morgan fingerprint density at radius 1 is 1.29 bits per heavy atom. The lowest BCUT2D eigenvalue weighted by atomic mass is 9.96. The fraction of sp³-hybridized carbons (Fsp3) is 0.353. The molecule has 7 heteroatoms. The molecule has 1 aliphatic rings. The lowest BCUT2D eigenvalue weighted by molar-refractivity contribution is -0.131. The van der Waals surface area contributed by atoms with Crippen molar-refractivity contribution in [1.29, 1.82) is 0 Å². The molecule has 1 fully saturated rings. The molecule has 2 aromatic rings. The van der Waals surface area contributed by atoms with Gasteiger partial charge >= 0.3 is 0 Å². The third kappa shape index (κ3) is 2.83. The van der Waals surface area contributed by atoms with E-state index in [-0.39, 0.29) is 11.9 Å². The number of hydrogen-bond acceptors (Lipinski definition) is 5. The first-order valence-corrected chi connectivity index (χ1v) is 8.32. The van der Waals surface area contributed by atoms with Crippen molar-refractivity contribution in [3.8, 4) is 0 Å². The maximum absolute atomic E-state index is 13.1. The number of aromatic nitrogens is 2. The normalized spacial score (nSPS) is 22.1. The number of nitrogens with zero attached hydrogens (tertiary/aromatic N) is 4. The number of hydrazine groups is 1. The molecule has 24 heavy (non-hydrogen) atoms. The van der Waals surface area contributed by atoms with Crippen molar-refractivity contribution in [2.75, 3.05) is 5.01 Å². The topological polar surface area (TPSA) is 75.3 Å². The van der Waals surface area contributed by atoms with E-state index in [9.17, 15) is 4.79 Å². The SMILES string of the molecule is CCC(C)N1C(=O)C(c2cccc(Cl)c2)C(N)N1c1ncccn1. The number of carbonyl (C=O) groups excluding carboxylic acids is 1. The van der Waals surface area contributed by atoms with Gasteiger partial charge in [-0.1, -0.05) is 30.7 Å². The van der Waals surface area contributed by atoms with Crippen LogP contribution in [0.2, 0.25) is 5.02 Å². The van der Waals surface area contributed by atoms with Crippen LogP contribution in [0.4, 0.5) is 5.95 Å². The second-order valence-corrected chi connectivity index (χ2v) is 6.29. The third-order valence-electron chi connectivity index (χ3n) is 4.32. The molecule has 6 nitrogen and oxygen atoms in total. The highest BCUT2D eigenvalue weighted by atomic mass is 35.5. The van der Waals surface area contributed by atoms with Crippen LogP contribution >= 0.6 is 11.6 Å². The van der Waals surface area contributed by atoms with Crippen molar-refractivity contribution in [2.24, 2.45) is 5.73 Å². The van der Waals surface area contributed by atoms with Crippen molar-refractivity contribution < 1.29 is 4.79 Å². The lowest BCUT2D eigenvalue weighted by Gasteiger charge is -2.34. The Bertz CT molecular complexity index is 726. The van der Waals surface area contributed by atoms with Gasteiger partial charge in [0.15, 0.2) is 0 Å². The maximum Gasteiger partial charge on any atom is 0.252 e. The molecule has 2 N–H and O–H groups in total. The molecule has 2 heterocycles. The molecule has 0 aliphatic carbocycles. The molecule has 3 rings (SSSR count). The Labute approximate surface area is 146 Å². The van der Waals surface area contributed by atoms with Crippen LogP contribution in [0, 0.1) is 0 Å². The molecule has 1 aromatic heterocycles. The summed E-state index contributed by atoms with van der Waals surface area (Å²) in [5, 5.41) is 3.95. The summed E-state index contributed by atoms with van der Waals surface area (Å²) < 4.78 is 0. The van der Waals surface area contributed by atoms with Gasteiger partial charge in [0, 0.05) is 17.4 Å². The summed E-state index contributed by atoms with van der Waals surface area (Å²) in [5.41, 5.74) is 7.25. The zero-order valence-electron chi connectivity index (χ0n) is 13.6. The molecular formula is C17H20ClN5O. The van der Waals surface area contributed by atoms with E-state index in [0.29, 0.717) is 11.0 Å². The minimum absolute atomic E-state index is 0.0171. The first kappa shape index (κ1) is 16.7. The summed E-state index contributed by atoms with van der Waals surface area (Å²) in [7, 11) is 0. The molecule has 1 aromatic carbocycles. The predicted molar refractivity (Wildman–Crippen MR) is 93.3 cm³/mol. The fourth-order valence-corrected chi connectivity index (χ4v) is 3.16. The van der Waals surface area contributed by atoms with Gasteiger partial charge in [-0.05, 0) is 37.1 Å². The van der Waals surface area contributed by atoms with Gasteiger partial charge < -0.3 is 5.73 Å². The monoisotopic (exact) mass is 345 g/mol. The molecule has 1 saturated heterocycles. The minimum Gasteiger partial charge on any atom is -0.309 e. The van der Waals surface area contributed by atoms with Crippen LogP contribution in [-0.4, -0.2) is 33.1 Å². The number of rotatable bonds is 4. The van der Waals surface area contributed by atoms with Gasteiger partial charge in [-0.2, -0.15) is 0 Å². The molecular weight excluding hydrogens is 326 g/mol. The van der Waals surface area contributed by atoms with Crippen molar-refractivity contribution >= 4 is 23.5 Å². The summed E-state index contributed by atoms with van der Waals surface area (Å²) >= 11 is 6.09. The van der Waals surface area contributed by atoms with E-state index in [1.54, 1.807) is 40.6 Å². The zero-order chi connectivity index (χ0) is 17.3. The molecule has 0 saturated carbocycles. The van der Waals surface area contributed by atoms with Gasteiger partial charge in [-0.15, -0.1) is 0 Å². The van der Waals surface area contributed by atoms with Gasteiger partial charge in [0.1, 0.15) is 12.1 Å². The number of anilines is 1. The van der Waals surface area contributed by atoms with Crippen LogP contribution in [0.25, 0.3) is 0 Å². The lowest BCUT2D eigenvalue weighted by Crippen LogP contribution is -2.50. The van der Waals surface area contributed by atoms with E-state index in [0.717, 1.165) is 12.0 Å². The first-order chi connectivity index (χ1) is 11.5. The van der Waals surface area contributed by atoms with E-state index in [2.05, 4.69) is 9.97 Å². The van der Waals surface area contributed by atoms with Gasteiger partial charge in [0.2, 0.25) is 5.95 Å². The van der Waals surface area contributed by atoms with Gasteiger partial charge in [0.25, 0.3) is 5.91 Å². The summed E-state index contributed by atoms with van der Waals surface area (Å²) in [6.07, 6.45) is 3.49. The molecule has 0 bridgehead atoms. The minimum atomic E-state index is -0.590. The van der Waals surface area contributed by atoms with Crippen LogP contribution in [0.5, 0.6) is 0 Å². The number of hydrogen-bond donors (Lipinski definition) is 1. The molecule has 0 spiro atoms. The Morgan fingerprint density at radius 2 is 2.00 bits per heavy atom. The summed E-state index contributed by atoms with van der Waals surface area (Å²) in [6.45, 7) is 4.02. The highest BCUT2D eigenvalue weighted by Crippen LogP contribution is 2.36. The number of benzene rings is 1. The smallest absolute Gasteiger partial charge is 0.252 e. The highest BCUT2D eigenvalue weighted by molar-refractivity contribution is 6.30. The number of carbonyl (C=O) groups is 1. The first-order valence-electron chi connectivity index (χ1n) is 7.95. The number of nitrogens with two attached hydrogens (primary N) is 1. The Morgan fingerprint density at radius 3 is 2.62 bits per heavy atom. The van der Waals surface area contributed by atoms with Crippen molar-refractivity contribution in [3.05, 3.63) is 53.3 Å². The number of halogens is 1. The zero-order valence-corrected chi connectivity index (χ0v) is 14.4. The van der Waals surface area contributed by atoms with E-state index in [1.807, 2.05) is 26.0 Å². The average Bonchev–Trinajstić information content (AvgIpc) is 2.85. The Hall–Kier alpha value is -2.18. The second kappa shape index (κ2) is 6.75. The Kier molecular flexibility index (Phi) is 4.69. The Balaban J connectivity index is 2.06. The van der Waals surface area contributed by atoms with Gasteiger partial charge in [0.05, 0.1) is 6.04 Å². The number of amides is 1. The third-order valence-corrected chi connectivity index (χ3v) is 4.56. The second-order valence-electron chi connectivity index (χ2n) is 5.86. The quantitative estimate of drug-likeness (QED) is 0.921. The molecule has 1 aliphatic heterocycles. The standard InChI is InChI=1S/C17H20ClN5O/c1-3-11(2)22-16(24)14(12-6-4-7-13(18)10-12)15(19)23(22)17-20-8-5-9-21-17/h4-11,14-15H,3,19H2,1-2H3. The van der Waals surface area contributed by atoms with Gasteiger partial charge in [-0.25, -0.2) is 20.0 Å². The molecule has 126 valence electrons. The van der Waals surface area contributed by atoms with Crippen molar-refractivity contribution in [3.63, 3.8) is 0 Å². The molecule has 3 unspecified atom stereocenters. The van der Waals surface area contributed by atoms with Crippen molar-refractivity contribution in [1.82, 2.24) is 15.0 Å². The summed E-state index contributed by atoms with van der Waals surface area (Å²) in [5.74, 6) is -0.156. The largest absolute Gasteiger partial charge is 0.309 e. The van der Waals surface area contributed by atoms with Crippen LogP contribution in [-0.2, 0) is 4.79 Å². The van der Waals surface area contributed by atoms with Crippen LogP contribution < -0.4 is 10.7 Å². The molecule has 3 atom stereocenters. The van der Waals surface area contributed by atoms with Crippen LogP contribution in [0.1, 0.15) is 31.7 Å². The summed E-state index contributed by atoms with van der Waals surface area (Å²) in [6, 6.07) is 8.98. The van der Waals surface area contributed by atoms with E-state index in [4.69, 9.17) is 17.3 Å². The summed E-state index contributed by atoms with van der Waals surface area (Å²) in [4.78, 5) is 21.7. The maximum atomic E-state index is 13.1. The average molecular weight is 346 g/mol. The van der Waals surface area contributed by atoms with Crippen LogP contribution in [0.3, 0.4) is 0 Å². The molecule has 0 radical (unpaired) electrons. The predicted octanol–water partition coefficient (Wildman–Crippen LogP) is 2.56. The van der Waals surface area contributed by atoms with E-state index in [1.165, 1.54) is 0 Å². The fourth-order valence-electron chi connectivity index (χ4n) is 2.96.